The van der Waals surface area contributed by atoms with Crippen LogP contribution in [0, 0.1) is 3.57 Å². The highest BCUT2D eigenvalue weighted by Gasteiger charge is 2.02. The van der Waals surface area contributed by atoms with E-state index in [0.717, 1.165) is 15.1 Å². The molecule has 0 aliphatic rings. The van der Waals surface area contributed by atoms with Gasteiger partial charge in [0.15, 0.2) is 5.82 Å². The third-order valence-electron chi connectivity index (χ3n) is 1.82. The Balaban J connectivity index is 2.32. The molecule has 2 aromatic heterocycles. The van der Waals surface area contributed by atoms with E-state index >= 15 is 0 Å². The van der Waals surface area contributed by atoms with E-state index < -0.39 is 0 Å². The Morgan fingerprint density at radius 1 is 1.40 bits per heavy atom. The van der Waals surface area contributed by atoms with Crippen molar-refractivity contribution >= 4 is 22.6 Å². The molecule has 0 amide bonds. The maximum atomic E-state index is 4.42. The van der Waals surface area contributed by atoms with Crippen molar-refractivity contribution in [3.63, 3.8) is 0 Å². The topological polar surface area (TPSA) is 55.6 Å². The summed E-state index contributed by atoms with van der Waals surface area (Å²) < 4.78 is 2.79. The molecule has 0 saturated carbocycles. The lowest BCUT2D eigenvalue weighted by Crippen LogP contribution is -2.09. The molecule has 0 aliphatic carbocycles. The lowest BCUT2D eigenvalue weighted by molar-refractivity contribution is 0.760. The average Bonchev–Trinajstić information content (AvgIpc) is 2.66. The van der Waals surface area contributed by atoms with E-state index in [-0.39, 0.29) is 0 Å². The van der Waals surface area contributed by atoms with Crippen LogP contribution in [-0.2, 0) is 6.54 Å². The molecule has 0 aliphatic heterocycles. The van der Waals surface area contributed by atoms with E-state index in [2.05, 4.69) is 43.0 Å². The van der Waals surface area contributed by atoms with Crippen molar-refractivity contribution in [2.24, 2.45) is 0 Å². The van der Waals surface area contributed by atoms with Crippen LogP contribution >= 0.6 is 22.6 Å². The second-order valence-corrected chi connectivity index (χ2v) is 4.25. The summed E-state index contributed by atoms with van der Waals surface area (Å²) in [7, 11) is 1.88. The molecule has 6 heteroatoms. The molecule has 0 spiro atoms. The van der Waals surface area contributed by atoms with Gasteiger partial charge in [-0.15, -0.1) is 0 Å². The van der Waals surface area contributed by atoms with Gasteiger partial charge < -0.3 is 5.32 Å². The van der Waals surface area contributed by atoms with E-state index in [9.17, 15) is 0 Å². The molecule has 1 N–H and O–H groups in total. The Kier molecular flexibility index (Phi) is 3.27. The summed E-state index contributed by atoms with van der Waals surface area (Å²) in [6, 6.07) is 0. The number of hydrogen-bond acceptors (Lipinski definition) is 4. The molecule has 0 unspecified atom stereocenters. The first-order chi connectivity index (χ1) is 7.29. The van der Waals surface area contributed by atoms with Gasteiger partial charge in [0.1, 0.15) is 0 Å². The first kappa shape index (κ1) is 10.5. The molecule has 2 rings (SSSR count). The molecule has 2 aromatic rings. The third-order valence-corrected chi connectivity index (χ3v) is 2.37. The van der Waals surface area contributed by atoms with E-state index in [4.69, 9.17) is 0 Å². The Morgan fingerprint density at radius 2 is 2.27 bits per heavy atom. The van der Waals surface area contributed by atoms with Crippen molar-refractivity contribution in [1.82, 2.24) is 25.1 Å². The predicted molar refractivity (Wildman–Crippen MR) is 64.6 cm³/mol. The monoisotopic (exact) mass is 315 g/mol. The van der Waals surface area contributed by atoms with Crippen LogP contribution in [0.2, 0.25) is 0 Å². The van der Waals surface area contributed by atoms with Gasteiger partial charge in [0.2, 0.25) is 0 Å². The lowest BCUT2D eigenvalue weighted by Gasteiger charge is -2.02. The second-order valence-electron chi connectivity index (χ2n) is 3.00. The van der Waals surface area contributed by atoms with E-state index in [1.807, 2.05) is 13.2 Å². The number of rotatable bonds is 3. The van der Waals surface area contributed by atoms with Gasteiger partial charge in [0.25, 0.3) is 0 Å². The van der Waals surface area contributed by atoms with Crippen molar-refractivity contribution in [3.8, 4) is 5.82 Å². The van der Waals surface area contributed by atoms with Crippen molar-refractivity contribution in [2.45, 2.75) is 6.54 Å². The van der Waals surface area contributed by atoms with Gasteiger partial charge in [0, 0.05) is 18.9 Å². The van der Waals surface area contributed by atoms with Crippen molar-refractivity contribution in [2.75, 3.05) is 7.05 Å². The van der Waals surface area contributed by atoms with Crippen LogP contribution in [0.4, 0.5) is 0 Å². The molecule has 0 atom stereocenters. The van der Waals surface area contributed by atoms with Crippen LogP contribution in [0.25, 0.3) is 5.82 Å². The van der Waals surface area contributed by atoms with Gasteiger partial charge in [0.05, 0.1) is 21.7 Å². The van der Waals surface area contributed by atoms with Crippen molar-refractivity contribution in [1.29, 1.82) is 0 Å². The van der Waals surface area contributed by atoms with Crippen molar-refractivity contribution < 1.29 is 0 Å². The summed E-state index contributed by atoms with van der Waals surface area (Å²) in [5.74, 6) is 0.741. The van der Waals surface area contributed by atoms with Crippen LogP contribution in [0.15, 0.2) is 24.8 Å². The highest BCUT2D eigenvalue weighted by Crippen LogP contribution is 2.06. The highest BCUT2D eigenvalue weighted by molar-refractivity contribution is 14.1. The van der Waals surface area contributed by atoms with Gasteiger partial charge in [-0.25, -0.2) is 9.67 Å². The van der Waals surface area contributed by atoms with Crippen LogP contribution in [0.1, 0.15) is 5.69 Å². The fraction of sp³-hybridized carbons (Fsp3) is 0.222. The molecule has 0 saturated heterocycles. The van der Waals surface area contributed by atoms with Gasteiger partial charge in [-0.2, -0.15) is 5.10 Å². The molecule has 0 bridgehead atoms. The van der Waals surface area contributed by atoms with Crippen LogP contribution in [-0.4, -0.2) is 26.8 Å². The summed E-state index contributed by atoms with van der Waals surface area (Å²) in [6.07, 6.45) is 7.14. The Bertz CT molecular complexity index is 453. The summed E-state index contributed by atoms with van der Waals surface area (Å²) >= 11 is 2.21. The predicted octanol–water partition coefficient (Wildman–Crippen LogP) is 0.986. The van der Waals surface area contributed by atoms with Crippen molar-refractivity contribution in [3.05, 3.63) is 34.1 Å². The number of aromatic nitrogens is 4. The zero-order valence-electron chi connectivity index (χ0n) is 8.18. The molecular formula is C9H10IN5. The minimum absolute atomic E-state index is 0.708. The Morgan fingerprint density at radius 3 is 2.93 bits per heavy atom. The Hall–Kier alpha value is -1.02. The highest BCUT2D eigenvalue weighted by atomic mass is 127. The number of hydrogen-bond donors (Lipinski definition) is 1. The minimum Gasteiger partial charge on any atom is -0.314 e. The molecule has 78 valence electrons. The zero-order valence-corrected chi connectivity index (χ0v) is 10.3. The average molecular weight is 315 g/mol. The first-order valence-corrected chi connectivity index (χ1v) is 5.53. The minimum atomic E-state index is 0.708. The molecule has 5 nitrogen and oxygen atoms in total. The largest absolute Gasteiger partial charge is 0.314 e. The third kappa shape index (κ3) is 2.51. The second kappa shape index (κ2) is 4.67. The number of nitrogens with zero attached hydrogens (tertiary/aromatic N) is 4. The van der Waals surface area contributed by atoms with Gasteiger partial charge in [-0.3, -0.25) is 4.98 Å². The van der Waals surface area contributed by atoms with E-state index in [1.165, 1.54) is 0 Å². The molecule has 0 aromatic carbocycles. The number of nitrogens with one attached hydrogen (secondary N) is 1. The molecule has 15 heavy (non-hydrogen) atoms. The molecule has 0 fully saturated rings. The lowest BCUT2D eigenvalue weighted by atomic mass is 10.4. The van der Waals surface area contributed by atoms with Crippen LogP contribution in [0.3, 0.4) is 0 Å². The summed E-state index contributed by atoms with van der Waals surface area (Å²) in [6.45, 7) is 0.708. The molecular weight excluding hydrogens is 305 g/mol. The summed E-state index contributed by atoms with van der Waals surface area (Å²) in [4.78, 5) is 8.54. The van der Waals surface area contributed by atoms with E-state index in [1.54, 1.807) is 23.3 Å². The quantitative estimate of drug-likeness (QED) is 0.858. The normalized spacial score (nSPS) is 10.5. The number of halogens is 1. The SMILES string of the molecule is CNCc1cncc(-n2cc(I)cn2)n1. The van der Waals surface area contributed by atoms with Crippen LogP contribution in [0.5, 0.6) is 0 Å². The molecule has 0 radical (unpaired) electrons. The van der Waals surface area contributed by atoms with E-state index in [0.29, 0.717) is 6.54 Å². The fourth-order valence-corrected chi connectivity index (χ4v) is 1.59. The fourth-order valence-electron chi connectivity index (χ4n) is 1.20. The zero-order chi connectivity index (χ0) is 10.7. The molecule has 2 heterocycles. The standard InChI is InChI=1S/C9H10IN5/c1-11-3-8-4-12-5-9(14-8)15-6-7(10)2-13-15/h2,4-6,11H,3H2,1H3. The maximum absolute atomic E-state index is 4.42. The first-order valence-electron chi connectivity index (χ1n) is 4.45. The smallest absolute Gasteiger partial charge is 0.172 e. The van der Waals surface area contributed by atoms with Gasteiger partial charge in [-0.05, 0) is 29.6 Å². The summed E-state index contributed by atoms with van der Waals surface area (Å²) in [5, 5.41) is 7.21. The Labute approximate surface area is 101 Å². The van der Waals surface area contributed by atoms with Gasteiger partial charge >= 0.3 is 0 Å². The maximum Gasteiger partial charge on any atom is 0.172 e. The summed E-state index contributed by atoms with van der Waals surface area (Å²) in [5.41, 5.74) is 0.903. The van der Waals surface area contributed by atoms with Crippen LogP contribution < -0.4 is 5.32 Å². The van der Waals surface area contributed by atoms with Gasteiger partial charge in [-0.1, -0.05) is 0 Å².